The number of hydrogen-bond acceptors (Lipinski definition) is 2. The first-order valence-corrected chi connectivity index (χ1v) is 6.53. The molecule has 0 unspecified atom stereocenters. The molecule has 19 heavy (non-hydrogen) atoms. The molecule has 0 atom stereocenters. The second kappa shape index (κ2) is 5.69. The number of aromatic amines is 1. The van der Waals surface area contributed by atoms with Crippen LogP contribution in [0.4, 0.5) is 5.69 Å². The molecule has 0 saturated heterocycles. The van der Waals surface area contributed by atoms with Gasteiger partial charge < -0.3 is 10.3 Å². The molecule has 2 aromatic rings. The number of benzene rings is 1. The van der Waals surface area contributed by atoms with Crippen LogP contribution < -0.4 is 10.9 Å². The molecular formula is C15H18N2O2. The summed E-state index contributed by atoms with van der Waals surface area (Å²) in [5.41, 5.74) is 2.43. The fraction of sp³-hybridized carbons (Fsp3) is 0.333. The Morgan fingerprint density at radius 3 is 2.79 bits per heavy atom. The predicted molar refractivity (Wildman–Crippen MR) is 77.5 cm³/mol. The van der Waals surface area contributed by atoms with E-state index in [1.165, 1.54) is 6.92 Å². The molecule has 0 aliphatic heterocycles. The van der Waals surface area contributed by atoms with E-state index in [2.05, 4.69) is 17.2 Å². The average molecular weight is 258 g/mol. The Labute approximate surface area is 111 Å². The van der Waals surface area contributed by atoms with Gasteiger partial charge >= 0.3 is 0 Å². The number of aryl methyl sites for hydroxylation is 1. The van der Waals surface area contributed by atoms with Crippen molar-refractivity contribution in [2.45, 2.75) is 33.1 Å². The highest BCUT2D eigenvalue weighted by atomic mass is 16.1. The van der Waals surface area contributed by atoms with Crippen LogP contribution in [0.25, 0.3) is 10.9 Å². The van der Waals surface area contributed by atoms with Crippen molar-refractivity contribution >= 4 is 22.5 Å². The molecular weight excluding hydrogens is 240 g/mol. The zero-order valence-electron chi connectivity index (χ0n) is 11.2. The summed E-state index contributed by atoms with van der Waals surface area (Å²) in [5.74, 6) is -0.121. The summed E-state index contributed by atoms with van der Waals surface area (Å²) < 4.78 is 0. The Bertz CT molecular complexity index is 659. The van der Waals surface area contributed by atoms with Crippen LogP contribution in [0.5, 0.6) is 0 Å². The van der Waals surface area contributed by atoms with Crippen LogP contribution in [0, 0.1) is 0 Å². The summed E-state index contributed by atoms with van der Waals surface area (Å²) >= 11 is 0. The quantitative estimate of drug-likeness (QED) is 0.885. The first-order chi connectivity index (χ1) is 9.10. The number of carbonyl (C=O) groups is 1. The Kier molecular flexibility index (Phi) is 4.00. The molecule has 0 spiro atoms. The van der Waals surface area contributed by atoms with Crippen LogP contribution in [0.15, 0.2) is 29.1 Å². The minimum absolute atomic E-state index is 0.0985. The van der Waals surface area contributed by atoms with Crippen LogP contribution in [-0.2, 0) is 11.2 Å². The third kappa shape index (κ3) is 3.22. The molecule has 2 N–H and O–H groups in total. The summed E-state index contributed by atoms with van der Waals surface area (Å²) in [6.45, 7) is 3.59. The lowest BCUT2D eigenvalue weighted by Gasteiger charge is -2.08. The number of carbonyl (C=O) groups excluding carboxylic acids is 1. The van der Waals surface area contributed by atoms with E-state index in [1.807, 2.05) is 12.1 Å². The van der Waals surface area contributed by atoms with Crippen molar-refractivity contribution in [2.75, 3.05) is 5.32 Å². The molecule has 0 radical (unpaired) electrons. The van der Waals surface area contributed by atoms with Crippen molar-refractivity contribution in [3.05, 3.63) is 40.2 Å². The van der Waals surface area contributed by atoms with Gasteiger partial charge in [-0.15, -0.1) is 0 Å². The third-order valence-corrected chi connectivity index (χ3v) is 3.05. The SMILES string of the molecule is CCCCc1cc(=O)[nH]c2cc(NC(C)=O)ccc12. The van der Waals surface area contributed by atoms with Gasteiger partial charge in [0, 0.05) is 24.1 Å². The highest BCUT2D eigenvalue weighted by molar-refractivity contribution is 5.92. The highest BCUT2D eigenvalue weighted by Crippen LogP contribution is 2.21. The lowest BCUT2D eigenvalue weighted by Crippen LogP contribution is -2.09. The van der Waals surface area contributed by atoms with Gasteiger partial charge in [-0.2, -0.15) is 0 Å². The third-order valence-electron chi connectivity index (χ3n) is 3.05. The van der Waals surface area contributed by atoms with Gasteiger partial charge in [0.15, 0.2) is 0 Å². The number of amides is 1. The van der Waals surface area contributed by atoms with Gasteiger partial charge in [-0.25, -0.2) is 0 Å². The van der Waals surface area contributed by atoms with Crippen LogP contribution >= 0.6 is 0 Å². The normalized spacial score (nSPS) is 10.6. The van der Waals surface area contributed by atoms with Crippen molar-refractivity contribution < 1.29 is 4.79 Å². The Balaban J connectivity index is 2.48. The number of H-pyrrole nitrogens is 1. The number of fused-ring (bicyclic) bond motifs is 1. The summed E-state index contributed by atoms with van der Waals surface area (Å²) in [4.78, 5) is 25.5. The average Bonchev–Trinajstić information content (AvgIpc) is 2.34. The van der Waals surface area contributed by atoms with Gasteiger partial charge in [0.25, 0.3) is 0 Å². The smallest absolute Gasteiger partial charge is 0.248 e. The number of anilines is 1. The molecule has 0 fully saturated rings. The van der Waals surface area contributed by atoms with E-state index < -0.39 is 0 Å². The molecule has 100 valence electrons. The summed E-state index contributed by atoms with van der Waals surface area (Å²) in [7, 11) is 0. The maximum atomic E-state index is 11.7. The zero-order valence-corrected chi connectivity index (χ0v) is 11.2. The van der Waals surface area contributed by atoms with E-state index in [0.29, 0.717) is 5.69 Å². The number of hydrogen-bond donors (Lipinski definition) is 2. The van der Waals surface area contributed by atoms with Crippen LogP contribution in [-0.4, -0.2) is 10.9 Å². The van der Waals surface area contributed by atoms with E-state index >= 15 is 0 Å². The maximum Gasteiger partial charge on any atom is 0.248 e. The van der Waals surface area contributed by atoms with Gasteiger partial charge in [-0.1, -0.05) is 19.4 Å². The Morgan fingerprint density at radius 1 is 1.32 bits per heavy atom. The monoisotopic (exact) mass is 258 g/mol. The number of pyridine rings is 1. The lowest BCUT2D eigenvalue weighted by atomic mass is 10.0. The first kappa shape index (κ1) is 13.3. The fourth-order valence-corrected chi connectivity index (χ4v) is 2.19. The van der Waals surface area contributed by atoms with Gasteiger partial charge in [-0.05, 0) is 30.5 Å². The summed E-state index contributed by atoms with van der Waals surface area (Å²) in [6, 6.07) is 7.27. The van der Waals surface area contributed by atoms with Gasteiger partial charge in [0.05, 0.1) is 5.52 Å². The fourth-order valence-electron chi connectivity index (χ4n) is 2.19. The van der Waals surface area contributed by atoms with E-state index in [9.17, 15) is 9.59 Å². The van der Waals surface area contributed by atoms with E-state index in [4.69, 9.17) is 0 Å². The summed E-state index contributed by atoms with van der Waals surface area (Å²) in [5, 5.41) is 3.76. The highest BCUT2D eigenvalue weighted by Gasteiger charge is 2.05. The number of nitrogens with one attached hydrogen (secondary N) is 2. The minimum Gasteiger partial charge on any atom is -0.326 e. The van der Waals surface area contributed by atoms with Crippen molar-refractivity contribution in [1.29, 1.82) is 0 Å². The maximum absolute atomic E-state index is 11.7. The Hall–Kier alpha value is -2.10. The van der Waals surface area contributed by atoms with Crippen molar-refractivity contribution in [2.24, 2.45) is 0 Å². The number of aromatic nitrogens is 1. The van der Waals surface area contributed by atoms with Gasteiger partial charge in [0.2, 0.25) is 11.5 Å². The molecule has 1 amide bonds. The first-order valence-electron chi connectivity index (χ1n) is 6.53. The van der Waals surface area contributed by atoms with E-state index in [-0.39, 0.29) is 11.5 Å². The molecule has 0 aliphatic carbocycles. The second-order valence-electron chi connectivity index (χ2n) is 4.70. The lowest BCUT2D eigenvalue weighted by molar-refractivity contribution is -0.114. The number of unbranched alkanes of at least 4 members (excludes halogenated alkanes) is 1. The van der Waals surface area contributed by atoms with Gasteiger partial charge in [-0.3, -0.25) is 9.59 Å². The molecule has 0 aliphatic rings. The van der Waals surface area contributed by atoms with E-state index in [1.54, 1.807) is 12.1 Å². The van der Waals surface area contributed by atoms with Crippen LogP contribution in [0.1, 0.15) is 32.3 Å². The molecule has 2 rings (SSSR count). The largest absolute Gasteiger partial charge is 0.326 e. The summed E-state index contributed by atoms with van der Waals surface area (Å²) in [6.07, 6.45) is 3.06. The topological polar surface area (TPSA) is 62.0 Å². The minimum atomic E-state index is -0.121. The van der Waals surface area contributed by atoms with E-state index in [0.717, 1.165) is 35.7 Å². The molecule has 1 heterocycles. The molecule has 0 saturated carbocycles. The molecule has 1 aromatic heterocycles. The second-order valence-corrected chi connectivity index (χ2v) is 4.70. The Morgan fingerprint density at radius 2 is 2.11 bits per heavy atom. The van der Waals surface area contributed by atoms with Gasteiger partial charge in [0.1, 0.15) is 0 Å². The van der Waals surface area contributed by atoms with Crippen molar-refractivity contribution in [3.63, 3.8) is 0 Å². The van der Waals surface area contributed by atoms with Crippen molar-refractivity contribution in [1.82, 2.24) is 4.98 Å². The zero-order chi connectivity index (χ0) is 13.8. The molecule has 4 heteroatoms. The standard InChI is InChI=1S/C15H18N2O2/c1-3-4-5-11-8-15(19)17-14-9-12(16-10(2)18)6-7-13(11)14/h6-9H,3-5H2,1-2H3,(H,16,18)(H,17,19). The molecule has 0 bridgehead atoms. The molecule has 1 aromatic carbocycles. The van der Waals surface area contributed by atoms with Crippen LogP contribution in [0.2, 0.25) is 0 Å². The molecule has 4 nitrogen and oxygen atoms in total. The number of rotatable bonds is 4. The predicted octanol–water partition coefficient (Wildman–Crippen LogP) is 2.83. The van der Waals surface area contributed by atoms with Crippen LogP contribution in [0.3, 0.4) is 0 Å². The van der Waals surface area contributed by atoms with Crippen molar-refractivity contribution in [3.8, 4) is 0 Å².